The maximum absolute atomic E-state index is 10.9. The van der Waals surface area contributed by atoms with Gasteiger partial charge in [0.15, 0.2) is 0 Å². The fourth-order valence-corrected chi connectivity index (χ4v) is 2.55. The summed E-state index contributed by atoms with van der Waals surface area (Å²) in [6, 6.07) is 14.2. The molecule has 0 aliphatic heterocycles. The molecule has 6 heteroatoms. The lowest BCUT2D eigenvalue weighted by Crippen LogP contribution is -2.02. The Morgan fingerprint density at radius 3 is 2.00 bits per heavy atom. The topological polar surface area (TPSA) is 78.7 Å². The molecular formula is C23H25NO5. The highest BCUT2D eigenvalue weighted by Gasteiger charge is 2.02. The number of carbonyl (C=O) groups excluding carboxylic acids is 1. The van der Waals surface area contributed by atoms with Gasteiger partial charge in [-0.3, -0.25) is 10.1 Å². The van der Waals surface area contributed by atoms with Crippen molar-refractivity contribution in [3.05, 3.63) is 82.4 Å². The SMILES string of the molecule is C=CC(=O)OCCCCCCOc1ccc(C=Cc2ccc([N+](=O)[O-])cc2)cc1. The first-order valence-electron chi connectivity index (χ1n) is 9.53. The number of nitro groups is 1. The first-order chi connectivity index (χ1) is 14.1. The number of hydrogen-bond donors (Lipinski definition) is 0. The summed E-state index contributed by atoms with van der Waals surface area (Å²) in [4.78, 5) is 21.1. The third-order valence-corrected chi connectivity index (χ3v) is 4.17. The Labute approximate surface area is 170 Å². The molecule has 6 nitrogen and oxygen atoms in total. The van der Waals surface area contributed by atoms with E-state index in [1.807, 2.05) is 36.4 Å². The Hall–Kier alpha value is -3.41. The molecule has 0 spiro atoms. The number of carbonyl (C=O) groups is 1. The molecule has 0 saturated heterocycles. The Morgan fingerprint density at radius 1 is 0.897 bits per heavy atom. The largest absolute Gasteiger partial charge is 0.494 e. The van der Waals surface area contributed by atoms with Crippen LogP contribution in [-0.4, -0.2) is 24.1 Å². The monoisotopic (exact) mass is 395 g/mol. The molecule has 0 fully saturated rings. The molecule has 0 heterocycles. The van der Waals surface area contributed by atoms with Gasteiger partial charge in [-0.1, -0.05) is 30.9 Å². The molecule has 29 heavy (non-hydrogen) atoms. The molecule has 0 bridgehead atoms. The zero-order valence-electron chi connectivity index (χ0n) is 16.3. The molecule has 2 rings (SSSR count). The van der Waals surface area contributed by atoms with E-state index in [0.717, 1.165) is 42.6 Å². The van der Waals surface area contributed by atoms with Crippen molar-refractivity contribution in [2.75, 3.05) is 13.2 Å². The number of ether oxygens (including phenoxy) is 2. The molecule has 0 atom stereocenters. The summed E-state index contributed by atoms with van der Waals surface area (Å²) < 4.78 is 10.7. The Morgan fingerprint density at radius 2 is 1.45 bits per heavy atom. The highest BCUT2D eigenvalue weighted by atomic mass is 16.6. The van der Waals surface area contributed by atoms with Gasteiger partial charge in [-0.15, -0.1) is 0 Å². The molecule has 0 unspecified atom stereocenters. The lowest BCUT2D eigenvalue weighted by Gasteiger charge is -2.06. The second-order valence-corrected chi connectivity index (χ2v) is 6.39. The van der Waals surface area contributed by atoms with E-state index < -0.39 is 4.92 Å². The van der Waals surface area contributed by atoms with Crippen molar-refractivity contribution in [3.8, 4) is 5.75 Å². The lowest BCUT2D eigenvalue weighted by atomic mass is 10.1. The number of benzene rings is 2. The third-order valence-electron chi connectivity index (χ3n) is 4.17. The van der Waals surface area contributed by atoms with Gasteiger partial charge >= 0.3 is 5.97 Å². The highest BCUT2D eigenvalue weighted by Crippen LogP contribution is 2.17. The third kappa shape index (κ3) is 8.43. The number of nitrogens with zero attached hydrogens (tertiary/aromatic N) is 1. The summed E-state index contributed by atoms with van der Waals surface area (Å²) in [6.07, 6.45) is 8.81. The van der Waals surface area contributed by atoms with Gasteiger partial charge < -0.3 is 9.47 Å². The Bertz CT molecular complexity index is 825. The maximum atomic E-state index is 10.9. The Balaban J connectivity index is 1.66. The lowest BCUT2D eigenvalue weighted by molar-refractivity contribution is -0.384. The van der Waals surface area contributed by atoms with Crippen molar-refractivity contribution in [1.82, 2.24) is 0 Å². The van der Waals surface area contributed by atoms with E-state index in [1.54, 1.807) is 12.1 Å². The predicted octanol–water partition coefficient (Wildman–Crippen LogP) is 5.43. The van der Waals surface area contributed by atoms with Crippen molar-refractivity contribution in [2.45, 2.75) is 25.7 Å². The predicted molar refractivity (Wildman–Crippen MR) is 114 cm³/mol. The van der Waals surface area contributed by atoms with Crippen LogP contribution in [0, 0.1) is 10.1 Å². The van der Waals surface area contributed by atoms with Gasteiger partial charge in [-0.25, -0.2) is 4.79 Å². The molecular weight excluding hydrogens is 370 g/mol. The van der Waals surface area contributed by atoms with Crippen molar-refractivity contribution in [2.24, 2.45) is 0 Å². The van der Waals surface area contributed by atoms with Crippen LogP contribution in [0.4, 0.5) is 5.69 Å². The molecule has 0 N–H and O–H groups in total. The second kappa shape index (κ2) is 12.1. The fourth-order valence-electron chi connectivity index (χ4n) is 2.55. The van der Waals surface area contributed by atoms with E-state index in [2.05, 4.69) is 6.58 Å². The summed E-state index contributed by atoms with van der Waals surface area (Å²) in [6.45, 7) is 4.43. The van der Waals surface area contributed by atoms with Crippen LogP contribution in [0.3, 0.4) is 0 Å². The molecule has 0 aromatic heterocycles. The van der Waals surface area contributed by atoms with E-state index in [9.17, 15) is 14.9 Å². The molecule has 0 amide bonds. The maximum Gasteiger partial charge on any atom is 0.330 e. The number of nitro benzene ring substituents is 1. The van der Waals surface area contributed by atoms with Crippen LogP contribution in [-0.2, 0) is 9.53 Å². The average molecular weight is 395 g/mol. The average Bonchev–Trinajstić information content (AvgIpc) is 2.75. The molecule has 0 aliphatic rings. The molecule has 152 valence electrons. The minimum absolute atomic E-state index is 0.0831. The fraction of sp³-hybridized carbons (Fsp3) is 0.261. The van der Waals surface area contributed by atoms with Crippen LogP contribution in [0.25, 0.3) is 12.2 Å². The second-order valence-electron chi connectivity index (χ2n) is 6.39. The summed E-state index contributed by atoms with van der Waals surface area (Å²) in [7, 11) is 0. The van der Waals surface area contributed by atoms with Gasteiger partial charge in [0, 0.05) is 18.2 Å². The van der Waals surface area contributed by atoms with E-state index in [4.69, 9.17) is 9.47 Å². The van der Waals surface area contributed by atoms with Crippen LogP contribution < -0.4 is 4.74 Å². The smallest absolute Gasteiger partial charge is 0.330 e. The van der Waals surface area contributed by atoms with Crippen LogP contribution in [0.2, 0.25) is 0 Å². The number of esters is 1. The quantitative estimate of drug-likeness (QED) is 0.119. The first-order valence-corrected chi connectivity index (χ1v) is 9.53. The minimum Gasteiger partial charge on any atom is -0.494 e. The molecule has 0 saturated carbocycles. The van der Waals surface area contributed by atoms with Crippen molar-refractivity contribution >= 4 is 23.8 Å². The van der Waals surface area contributed by atoms with Crippen LogP contribution in [0.15, 0.2) is 61.2 Å². The van der Waals surface area contributed by atoms with E-state index in [-0.39, 0.29) is 11.7 Å². The molecule has 2 aromatic carbocycles. The standard InChI is InChI=1S/C23H25NO5/c1-2-23(25)29-18-6-4-3-5-17-28-22-15-11-20(12-16-22)8-7-19-9-13-21(14-10-19)24(26)27/h2,7-16H,1,3-6,17-18H2. The van der Waals surface area contributed by atoms with Gasteiger partial charge in [0.25, 0.3) is 5.69 Å². The number of unbranched alkanes of at least 4 members (excludes halogenated alkanes) is 3. The van der Waals surface area contributed by atoms with Crippen LogP contribution >= 0.6 is 0 Å². The van der Waals surface area contributed by atoms with E-state index in [1.165, 1.54) is 18.2 Å². The molecule has 2 aromatic rings. The van der Waals surface area contributed by atoms with Crippen LogP contribution in [0.1, 0.15) is 36.8 Å². The van der Waals surface area contributed by atoms with Crippen molar-refractivity contribution in [3.63, 3.8) is 0 Å². The normalized spacial score (nSPS) is 10.6. The summed E-state index contributed by atoms with van der Waals surface area (Å²) in [5.74, 6) is 0.441. The zero-order chi connectivity index (χ0) is 20.9. The summed E-state index contributed by atoms with van der Waals surface area (Å²) in [5.41, 5.74) is 2.00. The highest BCUT2D eigenvalue weighted by molar-refractivity contribution is 5.81. The van der Waals surface area contributed by atoms with Gasteiger partial charge in [-0.2, -0.15) is 0 Å². The Kier molecular flexibility index (Phi) is 9.15. The number of rotatable bonds is 12. The number of hydrogen-bond acceptors (Lipinski definition) is 5. The molecule has 0 aliphatic carbocycles. The van der Waals surface area contributed by atoms with Gasteiger partial charge in [0.2, 0.25) is 0 Å². The number of non-ortho nitro benzene ring substituents is 1. The van der Waals surface area contributed by atoms with Crippen molar-refractivity contribution < 1.29 is 19.2 Å². The first kappa shape index (κ1) is 21.9. The summed E-state index contributed by atoms with van der Waals surface area (Å²) in [5, 5.41) is 10.7. The van der Waals surface area contributed by atoms with Gasteiger partial charge in [0.1, 0.15) is 5.75 Å². The minimum atomic E-state index is -0.410. The van der Waals surface area contributed by atoms with Crippen molar-refractivity contribution in [1.29, 1.82) is 0 Å². The van der Waals surface area contributed by atoms with E-state index >= 15 is 0 Å². The van der Waals surface area contributed by atoms with E-state index in [0.29, 0.717) is 13.2 Å². The molecule has 0 radical (unpaired) electrons. The van der Waals surface area contributed by atoms with Crippen LogP contribution in [0.5, 0.6) is 5.75 Å². The zero-order valence-corrected chi connectivity index (χ0v) is 16.3. The summed E-state index contributed by atoms with van der Waals surface area (Å²) >= 11 is 0. The van der Waals surface area contributed by atoms with Gasteiger partial charge in [-0.05, 0) is 61.1 Å². The van der Waals surface area contributed by atoms with Gasteiger partial charge in [0.05, 0.1) is 18.1 Å².